The first kappa shape index (κ1) is 18.4. The quantitative estimate of drug-likeness (QED) is 0.491. The Morgan fingerprint density at radius 3 is 2.72 bits per heavy atom. The average Bonchev–Trinajstić information content (AvgIpc) is 3.05. The number of nitrogens with one attached hydrogen (secondary N) is 1. The van der Waals surface area contributed by atoms with Crippen molar-refractivity contribution in [3.63, 3.8) is 0 Å². The smallest absolute Gasteiger partial charge is 0.277 e. The van der Waals surface area contributed by atoms with E-state index in [9.17, 15) is 4.79 Å². The number of carbonyl (C=O) groups is 1. The monoisotopic (exact) mass is 502 g/mol. The molecule has 1 N–H and O–H groups in total. The molecule has 0 fully saturated rings. The van der Waals surface area contributed by atoms with Crippen LogP contribution in [0.4, 0.5) is 5.82 Å². The van der Waals surface area contributed by atoms with Crippen LogP contribution in [0, 0.1) is 0 Å². The van der Waals surface area contributed by atoms with Crippen molar-refractivity contribution in [1.29, 1.82) is 0 Å². The van der Waals surface area contributed by atoms with Crippen molar-refractivity contribution in [3.05, 3.63) is 50.5 Å². The highest BCUT2D eigenvalue weighted by atomic mass is 79.9. The number of anilines is 1. The Hall–Kier alpha value is -1.42. The highest BCUT2D eigenvalue weighted by molar-refractivity contribution is 9.11. The number of nitrogens with zero attached hydrogens (tertiary/aromatic N) is 3. The van der Waals surface area contributed by atoms with Gasteiger partial charge in [0.1, 0.15) is 5.82 Å². The number of rotatable bonds is 5. The van der Waals surface area contributed by atoms with Crippen LogP contribution in [-0.2, 0) is 4.79 Å². The molecule has 0 atom stereocenters. The van der Waals surface area contributed by atoms with Crippen molar-refractivity contribution in [3.8, 4) is 11.5 Å². The molecule has 2 aromatic heterocycles. The lowest BCUT2D eigenvalue weighted by atomic mass is 10.2. The maximum atomic E-state index is 12.0. The molecule has 0 spiro atoms. The number of thioether (sulfide) groups is 1. The van der Waals surface area contributed by atoms with Gasteiger partial charge in [-0.15, -0.1) is 10.2 Å². The predicted octanol–water partition coefficient (Wildman–Crippen LogP) is 5.04. The molecule has 0 saturated carbocycles. The summed E-state index contributed by atoms with van der Waals surface area (Å²) in [6.45, 7) is 0. The number of amides is 1. The standard InChI is InChI=1S/C15H9Br2ClN4O2S/c16-9-5-11(17)13(19-6-9)20-12(23)7-25-15-22-21-14(24-15)8-1-3-10(18)4-2-8/h1-6H,7H2,(H,19,20,23). The SMILES string of the molecule is O=C(CSc1nnc(-c2ccc(Cl)cc2)o1)Nc1ncc(Br)cc1Br. The van der Waals surface area contributed by atoms with Gasteiger partial charge in [0.05, 0.1) is 10.2 Å². The highest BCUT2D eigenvalue weighted by Crippen LogP contribution is 2.26. The molecule has 0 bridgehead atoms. The van der Waals surface area contributed by atoms with Gasteiger partial charge < -0.3 is 9.73 Å². The summed E-state index contributed by atoms with van der Waals surface area (Å²) in [5.41, 5.74) is 0.760. The van der Waals surface area contributed by atoms with Crippen LogP contribution in [0.25, 0.3) is 11.5 Å². The fourth-order valence-electron chi connectivity index (χ4n) is 1.78. The van der Waals surface area contributed by atoms with E-state index in [2.05, 4.69) is 52.4 Å². The van der Waals surface area contributed by atoms with Gasteiger partial charge in [-0.1, -0.05) is 23.4 Å². The molecule has 25 heavy (non-hydrogen) atoms. The molecule has 2 heterocycles. The fourth-order valence-corrected chi connectivity index (χ4v) is 3.55. The topological polar surface area (TPSA) is 80.9 Å². The van der Waals surface area contributed by atoms with Gasteiger partial charge in [0.2, 0.25) is 11.8 Å². The molecule has 0 aliphatic rings. The Labute approximate surface area is 169 Å². The van der Waals surface area contributed by atoms with Gasteiger partial charge in [-0.25, -0.2) is 4.98 Å². The Balaban J connectivity index is 1.58. The minimum Gasteiger partial charge on any atom is -0.411 e. The third kappa shape index (κ3) is 5.04. The van der Waals surface area contributed by atoms with E-state index >= 15 is 0 Å². The zero-order chi connectivity index (χ0) is 17.8. The third-order valence-corrected chi connectivity index (χ3v) is 5.00. The summed E-state index contributed by atoms with van der Waals surface area (Å²) in [4.78, 5) is 16.2. The third-order valence-electron chi connectivity index (χ3n) is 2.89. The normalized spacial score (nSPS) is 10.7. The predicted molar refractivity (Wildman–Crippen MR) is 104 cm³/mol. The maximum Gasteiger partial charge on any atom is 0.277 e. The van der Waals surface area contributed by atoms with E-state index in [1.54, 1.807) is 36.5 Å². The van der Waals surface area contributed by atoms with E-state index in [4.69, 9.17) is 16.0 Å². The number of hydrogen-bond acceptors (Lipinski definition) is 6. The highest BCUT2D eigenvalue weighted by Gasteiger charge is 2.12. The molecule has 6 nitrogen and oxygen atoms in total. The minimum absolute atomic E-state index is 0.117. The first-order valence-corrected chi connectivity index (χ1v) is 9.79. The number of hydrogen-bond donors (Lipinski definition) is 1. The van der Waals surface area contributed by atoms with E-state index in [0.717, 1.165) is 21.8 Å². The molecule has 0 aliphatic heterocycles. The largest absolute Gasteiger partial charge is 0.411 e. The summed E-state index contributed by atoms with van der Waals surface area (Å²) in [6.07, 6.45) is 1.60. The van der Waals surface area contributed by atoms with Crippen LogP contribution in [0.5, 0.6) is 0 Å². The Morgan fingerprint density at radius 1 is 1.24 bits per heavy atom. The lowest BCUT2D eigenvalue weighted by Gasteiger charge is -2.05. The number of pyridine rings is 1. The van der Waals surface area contributed by atoms with Gasteiger partial charge in [0.25, 0.3) is 5.22 Å². The summed E-state index contributed by atoms with van der Waals surface area (Å²) >= 11 is 13.6. The van der Waals surface area contributed by atoms with E-state index < -0.39 is 0 Å². The molecular weight excluding hydrogens is 496 g/mol. The molecule has 3 aromatic rings. The molecule has 0 aliphatic carbocycles. The van der Waals surface area contributed by atoms with Crippen molar-refractivity contribution in [2.75, 3.05) is 11.1 Å². The second-order valence-electron chi connectivity index (χ2n) is 4.70. The average molecular weight is 505 g/mol. The van der Waals surface area contributed by atoms with E-state index in [-0.39, 0.29) is 11.7 Å². The van der Waals surface area contributed by atoms with Crippen molar-refractivity contribution in [2.24, 2.45) is 0 Å². The van der Waals surface area contributed by atoms with Gasteiger partial charge >= 0.3 is 0 Å². The van der Waals surface area contributed by atoms with Crippen molar-refractivity contribution < 1.29 is 9.21 Å². The number of carbonyl (C=O) groups excluding carboxylic acids is 1. The van der Waals surface area contributed by atoms with Gasteiger partial charge in [-0.3, -0.25) is 4.79 Å². The first-order chi connectivity index (χ1) is 12.0. The molecule has 1 amide bonds. The maximum absolute atomic E-state index is 12.0. The Bertz CT molecular complexity index is 905. The van der Waals surface area contributed by atoms with Crippen molar-refractivity contribution in [1.82, 2.24) is 15.2 Å². The summed E-state index contributed by atoms with van der Waals surface area (Å²) < 4.78 is 7.03. The summed E-state index contributed by atoms with van der Waals surface area (Å²) in [5.74, 6) is 0.705. The van der Waals surface area contributed by atoms with Crippen LogP contribution in [-0.4, -0.2) is 26.8 Å². The second-order valence-corrected chi connectivity index (χ2v) is 7.83. The molecule has 0 saturated heterocycles. The summed E-state index contributed by atoms with van der Waals surface area (Å²) in [7, 11) is 0. The first-order valence-electron chi connectivity index (χ1n) is 6.84. The van der Waals surface area contributed by atoms with Crippen molar-refractivity contribution in [2.45, 2.75) is 5.22 Å². The Morgan fingerprint density at radius 2 is 2.00 bits per heavy atom. The van der Waals surface area contributed by atoms with E-state index in [1.165, 1.54) is 0 Å². The molecule has 0 unspecified atom stereocenters. The molecule has 128 valence electrons. The number of benzene rings is 1. The Kier molecular flexibility index (Phi) is 6.10. The van der Waals surface area contributed by atoms with Crippen molar-refractivity contribution >= 4 is 66.9 Å². The molecule has 3 rings (SSSR count). The lowest BCUT2D eigenvalue weighted by molar-refractivity contribution is -0.113. The van der Waals surface area contributed by atoms with Gasteiger partial charge in [0, 0.05) is 21.3 Å². The van der Waals surface area contributed by atoms with Gasteiger partial charge in [-0.2, -0.15) is 0 Å². The van der Waals surface area contributed by atoms with Crippen LogP contribution in [0.1, 0.15) is 0 Å². The molecule has 0 radical (unpaired) electrons. The summed E-state index contributed by atoms with van der Waals surface area (Å²) in [5, 5.41) is 11.5. The van der Waals surface area contributed by atoms with Crippen LogP contribution in [0.15, 0.2) is 55.1 Å². The van der Waals surface area contributed by atoms with Crippen LogP contribution < -0.4 is 5.32 Å². The van der Waals surface area contributed by atoms with Crippen LogP contribution >= 0.6 is 55.2 Å². The minimum atomic E-state index is -0.230. The van der Waals surface area contributed by atoms with E-state index in [1.807, 2.05) is 0 Å². The van der Waals surface area contributed by atoms with Gasteiger partial charge in [0.15, 0.2) is 0 Å². The fraction of sp³-hybridized carbons (Fsp3) is 0.0667. The zero-order valence-corrected chi connectivity index (χ0v) is 17.1. The van der Waals surface area contributed by atoms with Crippen LogP contribution in [0.3, 0.4) is 0 Å². The molecule has 1 aromatic carbocycles. The van der Waals surface area contributed by atoms with Crippen LogP contribution in [0.2, 0.25) is 5.02 Å². The molecular formula is C15H9Br2ClN4O2S. The lowest BCUT2D eigenvalue weighted by Crippen LogP contribution is -2.15. The second kappa shape index (κ2) is 8.31. The summed E-state index contributed by atoms with van der Waals surface area (Å²) in [6, 6.07) is 8.85. The number of aromatic nitrogens is 3. The molecule has 10 heteroatoms. The van der Waals surface area contributed by atoms with Gasteiger partial charge in [-0.05, 0) is 62.2 Å². The van der Waals surface area contributed by atoms with E-state index in [0.29, 0.717) is 26.4 Å². The zero-order valence-electron chi connectivity index (χ0n) is 12.4. The number of halogens is 3.